The van der Waals surface area contributed by atoms with E-state index in [4.69, 9.17) is 4.42 Å². The zero-order chi connectivity index (χ0) is 17.8. The molecule has 1 aliphatic heterocycles. The van der Waals surface area contributed by atoms with Gasteiger partial charge in [-0.1, -0.05) is 6.07 Å². The van der Waals surface area contributed by atoms with Gasteiger partial charge in [-0.3, -0.25) is 9.78 Å². The van der Waals surface area contributed by atoms with Gasteiger partial charge in [-0.2, -0.15) is 0 Å². The van der Waals surface area contributed by atoms with Crippen molar-refractivity contribution in [1.82, 2.24) is 20.1 Å². The van der Waals surface area contributed by atoms with Crippen molar-refractivity contribution in [3.8, 4) is 10.8 Å². The van der Waals surface area contributed by atoms with Gasteiger partial charge in [0.25, 0.3) is 5.89 Å². The quantitative estimate of drug-likeness (QED) is 0.665. The van der Waals surface area contributed by atoms with E-state index in [-0.39, 0.29) is 11.8 Å². The summed E-state index contributed by atoms with van der Waals surface area (Å²) in [7, 11) is 0. The Balaban J connectivity index is 1.28. The van der Waals surface area contributed by atoms with Crippen LogP contribution in [0.4, 0.5) is 0 Å². The molecule has 0 aromatic carbocycles. The summed E-state index contributed by atoms with van der Waals surface area (Å²) in [5.41, 5.74) is 1.22. The van der Waals surface area contributed by atoms with Gasteiger partial charge >= 0.3 is 0 Å². The molecule has 7 heteroatoms. The minimum absolute atomic E-state index is 0.139. The van der Waals surface area contributed by atoms with Gasteiger partial charge in [0, 0.05) is 31.9 Å². The van der Waals surface area contributed by atoms with Gasteiger partial charge in [0.1, 0.15) is 0 Å². The van der Waals surface area contributed by atoms with Crippen LogP contribution in [0.5, 0.6) is 0 Å². The number of thiophene rings is 1. The third-order valence-corrected chi connectivity index (χ3v) is 5.53. The molecule has 1 fully saturated rings. The first-order valence-electron chi connectivity index (χ1n) is 8.83. The molecule has 0 radical (unpaired) electrons. The summed E-state index contributed by atoms with van der Waals surface area (Å²) in [5, 5.41) is 10.3. The highest BCUT2D eigenvalue weighted by Gasteiger charge is 2.30. The van der Waals surface area contributed by atoms with Gasteiger partial charge in [-0.15, -0.1) is 21.5 Å². The summed E-state index contributed by atoms with van der Waals surface area (Å²) in [4.78, 5) is 19.4. The van der Waals surface area contributed by atoms with Crippen LogP contribution < -0.4 is 0 Å². The fourth-order valence-electron chi connectivity index (χ4n) is 3.24. The van der Waals surface area contributed by atoms with Crippen LogP contribution >= 0.6 is 11.3 Å². The molecule has 26 heavy (non-hydrogen) atoms. The first-order chi connectivity index (χ1) is 12.8. The van der Waals surface area contributed by atoms with E-state index >= 15 is 0 Å². The third-order valence-electron chi connectivity index (χ3n) is 4.67. The Morgan fingerprint density at radius 1 is 1.27 bits per heavy atom. The maximum atomic E-state index is 12.5. The van der Waals surface area contributed by atoms with Crippen LogP contribution in [0.3, 0.4) is 0 Å². The van der Waals surface area contributed by atoms with Gasteiger partial charge in [-0.25, -0.2) is 0 Å². The number of likely N-dealkylation sites (tertiary alicyclic amines) is 1. The first kappa shape index (κ1) is 16.9. The Morgan fingerprint density at radius 3 is 2.96 bits per heavy atom. The molecule has 1 amide bonds. The number of carbonyl (C=O) groups is 1. The van der Waals surface area contributed by atoms with Crippen molar-refractivity contribution in [3.05, 3.63) is 53.5 Å². The smallest absolute Gasteiger partial charge is 0.257 e. The molecule has 6 nitrogen and oxygen atoms in total. The summed E-state index contributed by atoms with van der Waals surface area (Å²) in [5.74, 6) is 1.55. The summed E-state index contributed by atoms with van der Waals surface area (Å²) >= 11 is 1.58. The van der Waals surface area contributed by atoms with Crippen LogP contribution in [-0.4, -0.2) is 39.1 Å². The molecule has 1 aliphatic rings. The van der Waals surface area contributed by atoms with Crippen LogP contribution in [0.25, 0.3) is 10.8 Å². The van der Waals surface area contributed by atoms with E-state index in [1.165, 1.54) is 5.56 Å². The zero-order valence-electron chi connectivity index (χ0n) is 14.4. The number of aryl methyl sites for hydroxylation is 1. The molecule has 0 bridgehead atoms. The molecule has 4 heterocycles. The van der Waals surface area contributed by atoms with E-state index < -0.39 is 0 Å². The predicted molar refractivity (Wildman–Crippen MR) is 98.7 cm³/mol. The average Bonchev–Trinajstić information content (AvgIpc) is 3.42. The van der Waals surface area contributed by atoms with Crippen LogP contribution in [0.1, 0.15) is 36.6 Å². The number of pyridine rings is 1. The Kier molecular flexibility index (Phi) is 5.06. The number of aromatic nitrogens is 3. The van der Waals surface area contributed by atoms with Crippen molar-refractivity contribution in [1.29, 1.82) is 0 Å². The maximum absolute atomic E-state index is 12.5. The Bertz CT molecular complexity index is 848. The molecule has 1 saturated heterocycles. The molecule has 0 N–H and O–H groups in total. The second-order valence-corrected chi connectivity index (χ2v) is 7.40. The van der Waals surface area contributed by atoms with Crippen LogP contribution in [0.15, 0.2) is 46.5 Å². The summed E-state index contributed by atoms with van der Waals surface area (Å²) in [6.45, 7) is 1.43. The van der Waals surface area contributed by atoms with E-state index in [9.17, 15) is 4.79 Å². The average molecular weight is 368 g/mol. The molecule has 3 aromatic heterocycles. The molecular formula is C19H20N4O2S. The number of carbonyl (C=O) groups excluding carboxylic acids is 1. The van der Waals surface area contributed by atoms with Crippen molar-refractivity contribution < 1.29 is 9.21 Å². The molecule has 0 spiro atoms. The van der Waals surface area contributed by atoms with Gasteiger partial charge < -0.3 is 9.32 Å². The van der Waals surface area contributed by atoms with Crippen LogP contribution in [-0.2, 0) is 11.2 Å². The van der Waals surface area contributed by atoms with Crippen molar-refractivity contribution in [2.45, 2.75) is 31.6 Å². The molecule has 4 rings (SSSR count). The predicted octanol–water partition coefficient (Wildman–Crippen LogP) is 3.53. The van der Waals surface area contributed by atoms with E-state index in [2.05, 4.69) is 15.2 Å². The highest BCUT2D eigenvalue weighted by molar-refractivity contribution is 7.13. The third kappa shape index (κ3) is 3.83. The fraction of sp³-hybridized carbons (Fsp3) is 0.368. The molecule has 3 aromatic rings. The van der Waals surface area contributed by atoms with Crippen LogP contribution in [0, 0.1) is 0 Å². The summed E-state index contributed by atoms with van der Waals surface area (Å²) < 4.78 is 5.82. The number of hydrogen-bond acceptors (Lipinski definition) is 6. The minimum Gasteiger partial charge on any atom is -0.420 e. The lowest BCUT2D eigenvalue weighted by atomic mass is 10.1. The minimum atomic E-state index is 0.139. The van der Waals surface area contributed by atoms with Gasteiger partial charge in [-0.05, 0) is 48.4 Å². The number of amides is 1. The molecular weight excluding hydrogens is 348 g/mol. The largest absolute Gasteiger partial charge is 0.420 e. The Hall–Kier alpha value is -2.54. The normalized spacial score (nSPS) is 16.9. The lowest BCUT2D eigenvalue weighted by molar-refractivity contribution is -0.130. The zero-order valence-corrected chi connectivity index (χ0v) is 15.2. The number of rotatable bonds is 6. The first-order valence-corrected chi connectivity index (χ1v) is 9.71. The van der Waals surface area contributed by atoms with Crippen molar-refractivity contribution in [3.63, 3.8) is 0 Å². The lowest BCUT2D eigenvalue weighted by Crippen LogP contribution is -2.28. The Morgan fingerprint density at radius 2 is 2.15 bits per heavy atom. The lowest BCUT2D eigenvalue weighted by Gasteiger charge is -2.15. The molecule has 0 aliphatic carbocycles. The monoisotopic (exact) mass is 368 g/mol. The highest BCUT2D eigenvalue weighted by atomic mass is 32.1. The second-order valence-electron chi connectivity index (χ2n) is 6.46. The van der Waals surface area contributed by atoms with E-state index in [0.29, 0.717) is 24.7 Å². The van der Waals surface area contributed by atoms with Gasteiger partial charge in [0.05, 0.1) is 10.8 Å². The van der Waals surface area contributed by atoms with Gasteiger partial charge in [0.2, 0.25) is 11.8 Å². The number of hydrogen-bond donors (Lipinski definition) is 0. The maximum Gasteiger partial charge on any atom is 0.257 e. The fourth-order valence-corrected chi connectivity index (χ4v) is 3.88. The van der Waals surface area contributed by atoms with E-state index in [0.717, 1.165) is 30.7 Å². The van der Waals surface area contributed by atoms with Crippen molar-refractivity contribution in [2.24, 2.45) is 0 Å². The second kappa shape index (κ2) is 7.78. The van der Waals surface area contributed by atoms with E-state index in [1.54, 1.807) is 23.7 Å². The highest BCUT2D eigenvalue weighted by Crippen LogP contribution is 2.30. The van der Waals surface area contributed by atoms with Crippen LogP contribution in [0.2, 0.25) is 0 Å². The summed E-state index contributed by atoms with van der Waals surface area (Å²) in [6, 6.07) is 7.93. The molecule has 0 unspecified atom stereocenters. The topological polar surface area (TPSA) is 72.1 Å². The van der Waals surface area contributed by atoms with Crippen molar-refractivity contribution in [2.75, 3.05) is 13.1 Å². The molecule has 1 atom stereocenters. The standard InChI is InChI=1S/C19H20N4O2S/c24-17(5-1-3-14-6-9-20-10-7-14)23-11-8-15(13-23)18-21-22-19(25-18)16-4-2-12-26-16/h2,4,6-7,9-10,12,15H,1,3,5,8,11,13H2/t15-/m0/s1. The Labute approximate surface area is 155 Å². The van der Waals surface area contributed by atoms with Crippen molar-refractivity contribution >= 4 is 17.2 Å². The molecule has 0 saturated carbocycles. The number of nitrogens with zero attached hydrogens (tertiary/aromatic N) is 4. The molecule has 134 valence electrons. The van der Waals surface area contributed by atoms with Gasteiger partial charge in [0.15, 0.2) is 0 Å². The SMILES string of the molecule is O=C(CCCc1ccncc1)N1CC[C@H](c2nnc(-c3cccs3)o2)C1. The van der Waals surface area contributed by atoms with E-state index in [1.807, 2.05) is 34.5 Å². The summed E-state index contributed by atoms with van der Waals surface area (Å²) in [6.07, 6.45) is 6.78.